The van der Waals surface area contributed by atoms with E-state index in [1.54, 1.807) is 14.2 Å². The van der Waals surface area contributed by atoms with Crippen molar-refractivity contribution in [2.45, 2.75) is 40.3 Å². The van der Waals surface area contributed by atoms with Gasteiger partial charge in [-0.15, -0.1) is 24.0 Å². The first-order valence-corrected chi connectivity index (χ1v) is 9.17. The van der Waals surface area contributed by atoms with Crippen molar-refractivity contribution in [3.63, 3.8) is 0 Å². The van der Waals surface area contributed by atoms with Crippen LogP contribution in [0.1, 0.15) is 42.4 Å². The number of guanidine groups is 1. The lowest BCUT2D eigenvalue weighted by molar-refractivity contribution is 0.394. The summed E-state index contributed by atoms with van der Waals surface area (Å²) in [6, 6.07) is 5.78. The van der Waals surface area contributed by atoms with Crippen LogP contribution in [0.2, 0.25) is 0 Å². The molecule has 2 aromatic rings. The highest BCUT2D eigenvalue weighted by Crippen LogP contribution is 2.29. The van der Waals surface area contributed by atoms with Crippen molar-refractivity contribution in [1.82, 2.24) is 20.4 Å². The van der Waals surface area contributed by atoms with E-state index in [1.165, 1.54) is 0 Å². The maximum Gasteiger partial charge on any atom is 0.192 e. The van der Waals surface area contributed by atoms with Crippen LogP contribution < -0.4 is 20.1 Å². The number of aryl methyl sites for hydroxylation is 2. The summed E-state index contributed by atoms with van der Waals surface area (Å²) in [4.78, 5) is 4.75. The van der Waals surface area contributed by atoms with Crippen LogP contribution in [0.4, 0.5) is 0 Å². The number of methoxy groups -OCH3 is 2. The van der Waals surface area contributed by atoms with Crippen molar-refractivity contribution < 1.29 is 9.47 Å². The van der Waals surface area contributed by atoms with E-state index in [4.69, 9.17) is 14.5 Å². The molecule has 0 spiro atoms. The van der Waals surface area contributed by atoms with Crippen LogP contribution in [0.25, 0.3) is 0 Å². The summed E-state index contributed by atoms with van der Waals surface area (Å²) in [5.41, 5.74) is 4.31. The fourth-order valence-electron chi connectivity index (χ4n) is 2.99. The van der Waals surface area contributed by atoms with Crippen molar-refractivity contribution in [3.8, 4) is 11.5 Å². The van der Waals surface area contributed by atoms with Gasteiger partial charge in [0.2, 0.25) is 0 Å². The molecule has 0 saturated heterocycles. The molecule has 1 aromatic heterocycles. The lowest BCUT2D eigenvalue weighted by Crippen LogP contribution is -2.38. The minimum Gasteiger partial charge on any atom is -0.497 e. The Kier molecular flexibility index (Phi) is 9.57. The van der Waals surface area contributed by atoms with Crippen molar-refractivity contribution in [2.24, 2.45) is 12.0 Å². The molecule has 1 unspecified atom stereocenters. The summed E-state index contributed by atoms with van der Waals surface area (Å²) in [6.07, 6.45) is 0. The average molecular weight is 501 g/mol. The molecule has 0 saturated carbocycles. The molecule has 156 valence electrons. The SMILES string of the molecule is CCNC(=NCc1c(C)nn(C)c1C)NC(C)c1cc(OC)ccc1OC.I. The molecule has 1 aromatic carbocycles. The number of aromatic nitrogens is 2. The van der Waals surface area contributed by atoms with Gasteiger partial charge in [0, 0.05) is 30.4 Å². The van der Waals surface area contributed by atoms with Gasteiger partial charge in [-0.05, 0) is 45.9 Å². The van der Waals surface area contributed by atoms with Gasteiger partial charge in [0.15, 0.2) is 5.96 Å². The number of nitrogens with one attached hydrogen (secondary N) is 2. The van der Waals surface area contributed by atoms with Crippen molar-refractivity contribution in [3.05, 3.63) is 40.7 Å². The van der Waals surface area contributed by atoms with Crippen molar-refractivity contribution in [1.29, 1.82) is 0 Å². The number of nitrogens with zero attached hydrogens (tertiary/aromatic N) is 3. The molecule has 0 aliphatic heterocycles. The van der Waals surface area contributed by atoms with Gasteiger partial charge in [0.25, 0.3) is 0 Å². The number of ether oxygens (including phenoxy) is 2. The molecule has 0 fully saturated rings. The number of aliphatic imine (C=N–C) groups is 1. The molecule has 0 aliphatic carbocycles. The van der Waals surface area contributed by atoms with Crippen LogP contribution in [-0.2, 0) is 13.6 Å². The monoisotopic (exact) mass is 501 g/mol. The van der Waals surface area contributed by atoms with E-state index in [-0.39, 0.29) is 30.0 Å². The molecule has 0 amide bonds. The van der Waals surface area contributed by atoms with E-state index < -0.39 is 0 Å². The highest BCUT2D eigenvalue weighted by molar-refractivity contribution is 14.0. The van der Waals surface area contributed by atoms with Crippen molar-refractivity contribution >= 4 is 29.9 Å². The first-order chi connectivity index (χ1) is 12.9. The zero-order valence-electron chi connectivity index (χ0n) is 17.8. The number of benzene rings is 1. The minimum atomic E-state index is -0.0102. The number of halogens is 1. The van der Waals surface area contributed by atoms with E-state index in [2.05, 4.69) is 36.5 Å². The molecule has 0 aliphatic rings. The Morgan fingerprint density at radius 1 is 1.25 bits per heavy atom. The smallest absolute Gasteiger partial charge is 0.192 e. The molecular formula is C20H32IN5O2. The first-order valence-electron chi connectivity index (χ1n) is 9.17. The van der Waals surface area contributed by atoms with Crippen LogP contribution in [0.5, 0.6) is 11.5 Å². The van der Waals surface area contributed by atoms with Gasteiger partial charge >= 0.3 is 0 Å². The van der Waals surface area contributed by atoms with Gasteiger partial charge in [-0.1, -0.05) is 0 Å². The Bertz CT molecular complexity index is 804. The first kappa shape index (κ1) is 24.1. The Morgan fingerprint density at radius 2 is 1.96 bits per heavy atom. The summed E-state index contributed by atoms with van der Waals surface area (Å²) in [6.45, 7) is 9.55. The van der Waals surface area contributed by atoms with Gasteiger partial charge in [0.1, 0.15) is 11.5 Å². The van der Waals surface area contributed by atoms with E-state index >= 15 is 0 Å². The maximum absolute atomic E-state index is 5.50. The second kappa shape index (κ2) is 11.1. The molecular weight excluding hydrogens is 469 g/mol. The Labute approximate surface area is 184 Å². The largest absolute Gasteiger partial charge is 0.497 e. The summed E-state index contributed by atoms with van der Waals surface area (Å²) < 4.78 is 12.7. The third kappa shape index (κ3) is 5.76. The molecule has 1 atom stereocenters. The zero-order chi connectivity index (χ0) is 20.0. The van der Waals surface area contributed by atoms with E-state index in [0.717, 1.165) is 46.5 Å². The third-order valence-corrected chi connectivity index (χ3v) is 4.65. The second-order valence-electron chi connectivity index (χ2n) is 6.44. The highest BCUT2D eigenvalue weighted by Gasteiger charge is 2.15. The van der Waals surface area contributed by atoms with Gasteiger partial charge in [0.05, 0.1) is 32.5 Å². The lowest BCUT2D eigenvalue weighted by atomic mass is 10.1. The van der Waals surface area contributed by atoms with E-state index in [9.17, 15) is 0 Å². The molecule has 2 rings (SSSR count). The summed E-state index contributed by atoms with van der Waals surface area (Å²) in [5.74, 6) is 2.35. The van der Waals surface area contributed by atoms with Crippen LogP contribution in [0, 0.1) is 13.8 Å². The quantitative estimate of drug-likeness (QED) is 0.345. The van der Waals surface area contributed by atoms with Gasteiger partial charge in [-0.2, -0.15) is 5.10 Å². The van der Waals surface area contributed by atoms with Crippen LogP contribution in [0.3, 0.4) is 0 Å². The normalized spacial score (nSPS) is 12.2. The lowest BCUT2D eigenvalue weighted by Gasteiger charge is -2.21. The molecule has 2 N–H and O–H groups in total. The van der Waals surface area contributed by atoms with Gasteiger partial charge < -0.3 is 20.1 Å². The highest BCUT2D eigenvalue weighted by atomic mass is 127. The zero-order valence-corrected chi connectivity index (χ0v) is 20.1. The van der Waals surface area contributed by atoms with Crippen LogP contribution in [0.15, 0.2) is 23.2 Å². The molecule has 0 bridgehead atoms. The molecule has 8 heteroatoms. The third-order valence-electron chi connectivity index (χ3n) is 4.65. The van der Waals surface area contributed by atoms with E-state index in [1.807, 2.05) is 36.9 Å². The average Bonchev–Trinajstić information content (AvgIpc) is 2.90. The Hall–Kier alpha value is -1.97. The standard InChI is InChI=1S/C20H31N5O2.HI/c1-8-21-20(22-12-18-14(3)24-25(5)15(18)4)23-13(2)17-11-16(26-6)9-10-19(17)27-7;/h9-11,13H,8,12H2,1-7H3,(H2,21,22,23);1H. The second-order valence-corrected chi connectivity index (χ2v) is 6.44. The molecule has 7 nitrogen and oxygen atoms in total. The molecule has 1 heterocycles. The Balaban J connectivity index is 0.00000392. The summed E-state index contributed by atoms with van der Waals surface area (Å²) in [5, 5.41) is 11.2. The van der Waals surface area contributed by atoms with Gasteiger partial charge in [-0.3, -0.25) is 4.68 Å². The fourth-order valence-corrected chi connectivity index (χ4v) is 2.99. The fraction of sp³-hybridized carbons (Fsp3) is 0.500. The van der Waals surface area contributed by atoms with Gasteiger partial charge in [-0.25, -0.2) is 4.99 Å². The Morgan fingerprint density at radius 3 is 2.50 bits per heavy atom. The molecule has 28 heavy (non-hydrogen) atoms. The number of hydrogen-bond donors (Lipinski definition) is 2. The summed E-state index contributed by atoms with van der Waals surface area (Å²) in [7, 11) is 5.29. The molecule has 0 radical (unpaired) electrons. The topological polar surface area (TPSA) is 72.7 Å². The number of rotatable bonds is 7. The van der Waals surface area contributed by atoms with Crippen LogP contribution in [-0.4, -0.2) is 36.5 Å². The predicted molar refractivity (Wildman–Crippen MR) is 124 cm³/mol. The minimum absolute atomic E-state index is 0. The predicted octanol–water partition coefficient (Wildman–Crippen LogP) is 3.49. The van der Waals surface area contributed by atoms with Crippen molar-refractivity contribution in [2.75, 3.05) is 20.8 Å². The number of hydrogen-bond acceptors (Lipinski definition) is 4. The van der Waals surface area contributed by atoms with E-state index in [0.29, 0.717) is 6.54 Å². The summed E-state index contributed by atoms with van der Waals surface area (Å²) >= 11 is 0. The maximum atomic E-state index is 5.50. The van der Waals surface area contributed by atoms with Crippen LogP contribution >= 0.6 is 24.0 Å².